The van der Waals surface area contributed by atoms with E-state index in [1.54, 1.807) is 5.01 Å². The first-order chi connectivity index (χ1) is 6.20. The summed E-state index contributed by atoms with van der Waals surface area (Å²) < 4.78 is 0. The van der Waals surface area contributed by atoms with E-state index in [0.29, 0.717) is 25.9 Å². The fourth-order valence-corrected chi connectivity index (χ4v) is 0.853. The van der Waals surface area contributed by atoms with Crippen LogP contribution in [-0.2, 0) is 0 Å². The molecule has 0 aliphatic carbocycles. The van der Waals surface area contributed by atoms with Gasteiger partial charge in [-0.1, -0.05) is 0 Å². The van der Waals surface area contributed by atoms with Crippen molar-refractivity contribution in [3.05, 3.63) is 0 Å². The highest BCUT2D eigenvalue weighted by atomic mass is 15.4. The Balaban J connectivity index is 3.98. The van der Waals surface area contributed by atoms with Gasteiger partial charge in [0.05, 0.1) is 25.0 Å². The van der Waals surface area contributed by atoms with Gasteiger partial charge in [-0.05, 0) is 13.8 Å². The molecule has 70 valence electrons. The molecule has 0 radical (unpaired) electrons. The van der Waals surface area contributed by atoms with Gasteiger partial charge in [0.15, 0.2) is 0 Å². The van der Waals surface area contributed by atoms with Crippen LogP contribution in [0.4, 0.5) is 0 Å². The Morgan fingerprint density at radius 3 is 1.92 bits per heavy atom. The molecule has 0 aromatic rings. The molecule has 0 unspecified atom stereocenters. The molecule has 0 aliphatic heterocycles. The smallest absolute Gasteiger partial charge is 0.0641 e. The van der Waals surface area contributed by atoms with Crippen molar-refractivity contribution >= 4 is 5.71 Å². The highest BCUT2D eigenvalue weighted by Gasteiger charge is 1.99. The van der Waals surface area contributed by atoms with Crippen molar-refractivity contribution in [1.82, 2.24) is 5.01 Å². The van der Waals surface area contributed by atoms with Crippen molar-refractivity contribution in [3.63, 3.8) is 0 Å². The Bertz CT molecular complexity index is 221. The third-order valence-electron chi connectivity index (χ3n) is 1.30. The molecule has 0 heterocycles. The first kappa shape index (κ1) is 11.4. The van der Waals surface area contributed by atoms with Crippen LogP contribution in [0.5, 0.6) is 0 Å². The van der Waals surface area contributed by atoms with Gasteiger partial charge in [-0.3, -0.25) is 5.01 Å². The Labute approximate surface area is 79.1 Å². The summed E-state index contributed by atoms with van der Waals surface area (Å²) in [7, 11) is 0. The predicted molar refractivity (Wildman–Crippen MR) is 50.8 cm³/mol. The first-order valence-corrected chi connectivity index (χ1v) is 4.21. The summed E-state index contributed by atoms with van der Waals surface area (Å²) in [5.41, 5.74) is 0.941. The van der Waals surface area contributed by atoms with E-state index >= 15 is 0 Å². The highest BCUT2D eigenvalue weighted by Crippen LogP contribution is 1.95. The quantitative estimate of drug-likeness (QED) is 0.473. The van der Waals surface area contributed by atoms with Crippen molar-refractivity contribution in [2.24, 2.45) is 5.10 Å². The van der Waals surface area contributed by atoms with E-state index in [1.165, 1.54) is 0 Å². The Kier molecular flexibility index (Phi) is 6.27. The molecule has 0 atom stereocenters. The molecule has 0 N–H and O–H groups in total. The predicted octanol–water partition coefficient (Wildman–Crippen LogP) is 1.51. The lowest BCUT2D eigenvalue weighted by Crippen LogP contribution is -2.20. The van der Waals surface area contributed by atoms with Gasteiger partial charge in [0.1, 0.15) is 0 Å². The molecule has 4 nitrogen and oxygen atoms in total. The van der Waals surface area contributed by atoms with E-state index in [-0.39, 0.29) is 0 Å². The second-order valence-electron chi connectivity index (χ2n) is 2.82. The van der Waals surface area contributed by atoms with Crippen molar-refractivity contribution < 1.29 is 0 Å². The number of nitriles is 2. The summed E-state index contributed by atoms with van der Waals surface area (Å²) in [6.45, 7) is 4.99. The van der Waals surface area contributed by atoms with E-state index in [1.807, 2.05) is 13.8 Å². The van der Waals surface area contributed by atoms with Gasteiger partial charge in [-0.25, -0.2) is 0 Å². The van der Waals surface area contributed by atoms with E-state index in [4.69, 9.17) is 10.5 Å². The summed E-state index contributed by atoms with van der Waals surface area (Å²) in [6, 6.07) is 4.11. The van der Waals surface area contributed by atoms with Crippen LogP contribution >= 0.6 is 0 Å². The second kappa shape index (κ2) is 7.12. The molecule has 0 saturated heterocycles. The third kappa shape index (κ3) is 6.83. The topological polar surface area (TPSA) is 63.2 Å². The average molecular weight is 178 g/mol. The van der Waals surface area contributed by atoms with Crippen LogP contribution in [0.15, 0.2) is 5.10 Å². The fraction of sp³-hybridized carbons (Fsp3) is 0.667. The number of hydrazone groups is 1. The van der Waals surface area contributed by atoms with E-state index in [0.717, 1.165) is 5.71 Å². The molecule has 0 rings (SSSR count). The number of nitrogens with zero attached hydrogens (tertiary/aromatic N) is 4. The summed E-state index contributed by atoms with van der Waals surface area (Å²) in [4.78, 5) is 0. The van der Waals surface area contributed by atoms with Gasteiger partial charge < -0.3 is 0 Å². The average Bonchev–Trinajstić information content (AvgIpc) is 2.09. The van der Waals surface area contributed by atoms with Crippen molar-refractivity contribution in [2.75, 3.05) is 13.1 Å². The van der Waals surface area contributed by atoms with Crippen LogP contribution < -0.4 is 0 Å². The highest BCUT2D eigenvalue weighted by molar-refractivity contribution is 5.78. The molecular weight excluding hydrogens is 164 g/mol. The first-order valence-electron chi connectivity index (χ1n) is 4.21. The Hall–Kier alpha value is -1.55. The molecule has 0 spiro atoms. The van der Waals surface area contributed by atoms with Crippen LogP contribution in [0.2, 0.25) is 0 Å². The lowest BCUT2D eigenvalue weighted by molar-refractivity contribution is 0.301. The molecule has 0 amide bonds. The van der Waals surface area contributed by atoms with Crippen molar-refractivity contribution in [1.29, 1.82) is 10.5 Å². The summed E-state index contributed by atoms with van der Waals surface area (Å²) in [5.74, 6) is 0. The monoisotopic (exact) mass is 178 g/mol. The molecule has 0 aromatic heterocycles. The molecule has 0 saturated carbocycles. The summed E-state index contributed by atoms with van der Waals surface area (Å²) >= 11 is 0. The maximum absolute atomic E-state index is 8.38. The number of hydrogen-bond acceptors (Lipinski definition) is 4. The molecule has 0 aliphatic rings. The van der Waals surface area contributed by atoms with Gasteiger partial charge in [0.2, 0.25) is 0 Å². The SMILES string of the molecule is CC(C)=NN(CCC#N)CCC#N. The molecular formula is C9H14N4. The Morgan fingerprint density at radius 1 is 1.15 bits per heavy atom. The lowest BCUT2D eigenvalue weighted by Gasteiger charge is -2.16. The summed E-state index contributed by atoms with van der Waals surface area (Å²) in [6.07, 6.45) is 0.893. The van der Waals surface area contributed by atoms with Crippen LogP contribution in [-0.4, -0.2) is 23.8 Å². The van der Waals surface area contributed by atoms with Gasteiger partial charge >= 0.3 is 0 Å². The van der Waals surface area contributed by atoms with Crippen LogP contribution in [0.25, 0.3) is 0 Å². The molecule has 0 fully saturated rings. The standard InChI is InChI=1S/C9H14N4/c1-9(2)12-13(7-3-5-10)8-4-6-11/h3-4,7-8H2,1-2H3. The number of hydrogen-bond donors (Lipinski definition) is 0. The number of rotatable bonds is 5. The summed E-state index contributed by atoms with van der Waals surface area (Å²) in [5, 5.41) is 22.7. The Morgan fingerprint density at radius 2 is 1.62 bits per heavy atom. The maximum atomic E-state index is 8.38. The zero-order chi connectivity index (χ0) is 10.1. The van der Waals surface area contributed by atoms with Gasteiger partial charge in [-0.15, -0.1) is 0 Å². The molecule has 13 heavy (non-hydrogen) atoms. The minimum atomic E-state index is 0.447. The van der Waals surface area contributed by atoms with Crippen molar-refractivity contribution in [3.8, 4) is 12.1 Å². The largest absolute Gasteiger partial charge is 0.295 e. The third-order valence-corrected chi connectivity index (χ3v) is 1.30. The normalized spacial score (nSPS) is 8.31. The van der Waals surface area contributed by atoms with Crippen molar-refractivity contribution in [2.45, 2.75) is 26.7 Å². The maximum Gasteiger partial charge on any atom is 0.0641 e. The van der Waals surface area contributed by atoms with Crippen LogP contribution in [0, 0.1) is 22.7 Å². The minimum Gasteiger partial charge on any atom is -0.295 e. The minimum absolute atomic E-state index is 0.447. The van der Waals surface area contributed by atoms with Crippen LogP contribution in [0.3, 0.4) is 0 Å². The molecule has 0 aromatic carbocycles. The van der Waals surface area contributed by atoms with Gasteiger partial charge in [0, 0.05) is 18.8 Å². The fourth-order valence-electron chi connectivity index (χ4n) is 0.853. The molecule has 0 bridgehead atoms. The van der Waals surface area contributed by atoms with Gasteiger partial charge in [0.25, 0.3) is 0 Å². The van der Waals surface area contributed by atoms with E-state index in [9.17, 15) is 0 Å². The van der Waals surface area contributed by atoms with E-state index < -0.39 is 0 Å². The lowest BCUT2D eigenvalue weighted by atomic mass is 10.4. The molecule has 4 heteroatoms. The zero-order valence-electron chi connectivity index (χ0n) is 8.12. The zero-order valence-corrected chi connectivity index (χ0v) is 8.12. The van der Waals surface area contributed by atoms with Gasteiger partial charge in [-0.2, -0.15) is 15.6 Å². The van der Waals surface area contributed by atoms with Crippen LogP contribution in [0.1, 0.15) is 26.7 Å². The van der Waals surface area contributed by atoms with E-state index in [2.05, 4.69) is 17.2 Å². The second-order valence-corrected chi connectivity index (χ2v) is 2.82.